The molecule has 0 saturated carbocycles. The lowest BCUT2D eigenvalue weighted by molar-refractivity contribution is 0.223. The van der Waals surface area contributed by atoms with Crippen LogP contribution < -0.4 is 0 Å². The van der Waals surface area contributed by atoms with E-state index in [2.05, 4.69) is 0 Å². The third-order valence-electron chi connectivity index (χ3n) is 2.23. The summed E-state index contributed by atoms with van der Waals surface area (Å²) >= 11 is 1.41. The van der Waals surface area contributed by atoms with Crippen molar-refractivity contribution in [2.24, 2.45) is 0 Å². The van der Waals surface area contributed by atoms with Crippen LogP contribution >= 0.6 is 11.3 Å². The number of hydrogen-bond donors (Lipinski definition) is 1. The minimum Gasteiger partial charge on any atom is -0.383 e. The zero-order chi connectivity index (χ0) is 11.7. The standard InChI is InChI=1S/C12H10F2OS/c1-7-2-3-11(16-7)12(15)8-4-9(13)6-10(14)5-8/h2-6,12,15H,1H3. The summed E-state index contributed by atoms with van der Waals surface area (Å²) in [5, 5.41) is 9.93. The van der Waals surface area contributed by atoms with Gasteiger partial charge in [0.2, 0.25) is 0 Å². The second kappa shape index (κ2) is 4.31. The topological polar surface area (TPSA) is 20.2 Å². The van der Waals surface area contributed by atoms with Gasteiger partial charge in [-0.2, -0.15) is 0 Å². The molecule has 1 aromatic carbocycles. The molecular weight excluding hydrogens is 230 g/mol. The first-order valence-corrected chi connectivity index (χ1v) is 5.58. The Hall–Kier alpha value is -1.26. The SMILES string of the molecule is Cc1ccc(C(O)c2cc(F)cc(F)c2)s1. The normalized spacial score (nSPS) is 12.8. The first-order chi connectivity index (χ1) is 7.56. The number of thiophene rings is 1. The molecule has 0 radical (unpaired) electrons. The zero-order valence-corrected chi connectivity index (χ0v) is 9.39. The fourth-order valence-electron chi connectivity index (χ4n) is 1.50. The van der Waals surface area contributed by atoms with Crippen molar-refractivity contribution in [1.29, 1.82) is 0 Å². The highest BCUT2D eigenvalue weighted by atomic mass is 32.1. The summed E-state index contributed by atoms with van der Waals surface area (Å²) in [7, 11) is 0. The number of benzene rings is 1. The lowest BCUT2D eigenvalue weighted by Crippen LogP contribution is -1.98. The van der Waals surface area contributed by atoms with Gasteiger partial charge in [-0.05, 0) is 36.8 Å². The molecular formula is C12H10F2OS. The van der Waals surface area contributed by atoms with Crippen molar-refractivity contribution in [2.75, 3.05) is 0 Å². The van der Waals surface area contributed by atoms with E-state index in [-0.39, 0.29) is 5.56 Å². The minimum atomic E-state index is -0.969. The Morgan fingerprint density at radius 2 is 1.75 bits per heavy atom. The number of aryl methyl sites for hydroxylation is 1. The Kier molecular flexibility index (Phi) is 3.03. The molecule has 1 atom stereocenters. The van der Waals surface area contributed by atoms with Gasteiger partial charge in [-0.25, -0.2) is 8.78 Å². The molecule has 1 aromatic heterocycles. The van der Waals surface area contributed by atoms with Gasteiger partial charge in [-0.15, -0.1) is 11.3 Å². The van der Waals surface area contributed by atoms with Crippen LogP contribution in [0.4, 0.5) is 8.78 Å². The predicted octanol–water partition coefficient (Wildman–Crippen LogP) is 3.42. The molecule has 0 fully saturated rings. The minimum absolute atomic E-state index is 0.236. The van der Waals surface area contributed by atoms with Crippen molar-refractivity contribution in [3.8, 4) is 0 Å². The van der Waals surface area contributed by atoms with Gasteiger partial charge in [0.05, 0.1) is 0 Å². The van der Waals surface area contributed by atoms with Crippen molar-refractivity contribution in [3.63, 3.8) is 0 Å². The summed E-state index contributed by atoms with van der Waals surface area (Å²) in [6.07, 6.45) is -0.969. The van der Waals surface area contributed by atoms with E-state index in [1.54, 1.807) is 6.07 Å². The van der Waals surface area contributed by atoms with E-state index < -0.39 is 17.7 Å². The van der Waals surface area contributed by atoms with E-state index >= 15 is 0 Å². The molecule has 1 heterocycles. The number of hydrogen-bond acceptors (Lipinski definition) is 2. The van der Waals surface area contributed by atoms with Crippen LogP contribution in [0.15, 0.2) is 30.3 Å². The Morgan fingerprint density at radius 1 is 1.12 bits per heavy atom. The molecule has 0 bridgehead atoms. The molecule has 1 N–H and O–H groups in total. The van der Waals surface area contributed by atoms with Gasteiger partial charge in [-0.1, -0.05) is 0 Å². The van der Waals surface area contributed by atoms with E-state index in [0.29, 0.717) is 4.88 Å². The first-order valence-electron chi connectivity index (χ1n) is 4.76. The molecule has 0 spiro atoms. The molecule has 0 saturated heterocycles. The molecule has 1 unspecified atom stereocenters. The summed E-state index contributed by atoms with van der Waals surface area (Å²) in [4.78, 5) is 1.73. The van der Waals surface area contributed by atoms with Gasteiger partial charge >= 0.3 is 0 Å². The molecule has 4 heteroatoms. The lowest BCUT2D eigenvalue weighted by atomic mass is 10.1. The van der Waals surface area contributed by atoms with E-state index in [0.717, 1.165) is 23.1 Å². The van der Waals surface area contributed by atoms with Crippen LogP contribution in [0.2, 0.25) is 0 Å². The average molecular weight is 240 g/mol. The monoisotopic (exact) mass is 240 g/mol. The van der Waals surface area contributed by atoms with Crippen LogP contribution in [-0.4, -0.2) is 5.11 Å². The van der Waals surface area contributed by atoms with Crippen molar-refractivity contribution in [3.05, 3.63) is 57.3 Å². The van der Waals surface area contributed by atoms with Crippen molar-refractivity contribution < 1.29 is 13.9 Å². The summed E-state index contributed by atoms with van der Waals surface area (Å²) in [5.74, 6) is -1.36. The van der Waals surface area contributed by atoms with E-state index in [1.165, 1.54) is 11.3 Å². The van der Waals surface area contributed by atoms with Crippen LogP contribution in [0.5, 0.6) is 0 Å². The number of aliphatic hydroxyl groups excluding tert-OH is 1. The highest BCUT2D eigenvalue weighted by Crippen LogP contribution is 2.28. The maximum absolute atomic E-state index is 13.0. The third-order valence-corrected chi connectivity index (χ3v) is 3.28. The van der Waals surface area contributed by atoms with Crippen LogP contribution in [0, 0.1) is 18.6 Å². The molecule has 0 amide bonds. The molecule has 2 rings (SSSR count). The van der Waals surface area contributed by atoms with Crippen molar-refractivity contribution >= 4 is 11.3 Å². The van der Waals surface area contributed by atoms with Gasteiger partial charge in [-0.3, -0.25) is 0 Å². The Balaban J connectivity index is 2.37. The fourth-order valence-corrected chi connectivity index (χ4v) is 2.39. The Bertz CT molecular complexity index is 487. The number of rotatable bonds is 2. The van der Waals surface area contributed by atoms with Crippen LogP contribution in [0.25, 0.3) is 0 Å². The highest BCUT2D eigenvalue weighted by Gasteiger charge is 2.14. The number of halogens is 2. The lowest BCUT2D eigenvalue weighted by Gasteiger charge is -2.09. The summed E-state index contributed by atoms with van der Waals surface area (Å²) in [5.41, 5.74) is 0.236. The molecule has 2 aromatic rings. The molecule has 0 aliphatic rings. The average Bonchev–Trinajstić information content (AvgIpc) is 2.62. The van der Waals surface area contributed by atoms with Gasteiger partial charge in [0.25, 0.3) is 0 Å². The van der Waals surface area contributed by atoms with Gasteiger partial charge < -0.3 is 5.11 Å². The fraction of sp³-hybridized carbons (Fsp3) is 0.167. The maximum atomic E-state index is 13.0. The second-order valence-corrected chi connectivity index (χ2v) is 4.87. The summed E-state index contributed by atoms with van der Waals surface area (Å²) < 4.78 is 25.9. The highest BCUT2D eigenvalue weighted by molar-refractivity contribution is 7.12. The van der Waals surface area contributed by atoms with E-state index in [1.807, 2.05) is 13.0 Å². The molecule has 1 nitrogen and oxygen atoms in total. The van der Waals surface area contributed by atoms with Crippen LogP contribution in [0.3, 0.4) is 0 Å². The third kappa shape index (κ3) is 2.28. The second-order valence-electron chi connectivity index (χ2n) is 3.55. The van der Waals surface area contributed by atoms with Crippen molar-refractivity contribution in [1.82, 2.24) is 0 Å². The zero-order valence-electron chi connectivity index (χ0n) is 8.58. The first kappa shape index (κ1) is 11.2. The van der Waals surface area contributed by atoms with E-state index in [9.17, 15) is 13.9 Å². The number of aliphatic hydroxyl groups is 1. The molecule has 84 valence electrons. The van der Waals surface area contributed by atoms with Crippen molar-refractivity contribution in [2.45, 2.75) is 13.0 Å². The maximum Gasteiger partial charge on any atom is 0.126 e. The largest absolute Gasteiger partial charge is 0.383 e. The summed E-state index contributed by atoms with van der Waals surface area (Å²) in [6.45, 7) is 1.91. The Labute approximate surface area is 96.0 Å². The van der Waals surface area contributed by atoms with Crippen LogP contribution in [-0.2, 0) is 0 Å². The molecule has 0 aliphatic carbocycles. The summed E-state index contributed by atoms with van der Waals surface area (Å²) in [6, 6.07) is 6.69. The Morgan fingerprint density at radius 3 is 2.25 bits per heavy atom. The smallest absolute Gasteiger partial charge is 0.126 e. The van der Waals surface area contributed by atoms with Gasteiger partial charge in [0.1, 0.15) is 17.7 Å². The quantitative estimate of drug-likeness (QED) is 0.852. The van der Waals surface area contributed by atoms with Gasteiger partial charge in [0, 0.05) is 15.8 Å². The predicted molar refractivity (Wildman–Crippen MR) is 59.5 cm³/mol. The van der Waals surface area contributed by atoms with Gasteiger partial charge in [0.15, 0.2) is 0 Å². The van der Waals surface area contributed by atoms with E-state index in [4.69, 9.17) is 0 Å². The molecule has 0 aliphatic heterocycles. The van der Waals surface area contributed by atoms with Crippen LogP contribution in [0.1, 0.15) is 21.4 Å². The molecule has 16 heavy (non-hydrogen) atoms.